The average molecular weight is 1060 g/mol. The van der Waals surface area contributed by atoms with Gasteiger partial charge < -0.3 is 36.4 Å². The molecule has 0 spiro atoms. The van der Waals surface area contributed by atoms with Crippen LogP contribution in [0.4, 0.5) is 5.69 Å². The molecule has 3 aliphatic carbocycles. The third kappa shape index (κ3) is 13.8. The van der Waals surface area contributed by atoms with Gasteiger partial charge in [-0.2, -0.15) is 0 Å². The number of hydrogen-bond donors (Lipinski definition) is 6. The van der Waals surface area contributed by atoms with E-state index >= 15 is 0 Å². The van der Waals surface area contributed by atoms with Crippen LogP contribution in [0.1, 0.15) is 193 Å². The summed E-state index contributed by atoms with van der Waals surface area (Å²) in [6.07, 6.45) is 16.4. The van der Waals surface area contributed by atoms with Gasteiger partial charge in [0, 0.05) is 55.3 Å². The van der Waals surface area contributed by atoms with E-state index in [1.807, 2.05) is 39.8 Å². The summed E-state index contributed by atoms with van der Waals surface area (Å²) >= 11 is 0. The molecule has 4 heterocycles. The quantitative estimate of drug-likeness (QED) is 0.0356. The largest absolute Gasteiger partial charge is 0.385 e. The van der Waals surface area contributed by atoms with Gasteiger partial charge in [0.1, 0.15) is 35.6 Å². The third-order valence-electron chi connectivity index (χ3n) is 16.5. The van der Waals surface area contributed by atoms with Crippen molar-refractivity contribution in [3.63, 3.8) is 0 Å². The number of carbonyl (C=O) groups is 10. The molecule has 8 amide bonds. The van der Waals surface area contributed by atoms with E-state index < -0.39 is 76.9 Å². The van der Waals surface area contributed by atoms with Crippen LogP contribution < -0.4 is 31.9 Å². The van der Waals surface area contributed by atoms with Gasteiger partial charge in [0.05, 0.1) is 18.4 Å². The number of fused-ring (bicyclic) bond motifs is 2. The zero-order valence-electron chi connectivity index (χ0n) is 45.2. The molecule has 3 aliphatic heterocycles. The van der Waals surface area contributed by atoms with Crippen molar-refractivity contribution in [2.45, 2.75) is 199 Å². The number of carbonyl (C=O) groups excluding carboxylic acids is 10. The van der Waals surface area contributed by atoms with Crippen LogP contribution in [0.15, 0.2) is 30.6 Å². The number of amides is 8. The van der Waals surface area contributed by atoms with Crippen LogP contribution in [0.5, 0.6) is 0 Å². The Morgan fingerprint density at radius 3 is 2.23 bits per heavy atom. The standard InChI is InChI=1S/C57H78N10O10/c1-5-16-40(48(70)54(75)61-35-24-25-35)62-53(74)47-36-20-14-19-34(36)31-67(47)56(77)49(57(2,3)4)65-52(73)46(33-17-10-9-11-18-33)64-50(71)42-30-59-41(29-60-42)44(68)23-12-7-6-8-13-28-58-39-22-15-21-37-38(39)32-66(55(37)76)43-26-27-45(69)63-51(43)72/h15,21-22,29-30,33-36,40,43,46-47,49,58H,5-14,16-20,23-28,31-32H2,1-4H3,(H,61,75)(H,62,74)(H,64,71)(H,65,73)(H,63,69,72)/t34-,36-,40-,43?,46-,47-,49+/m0/s1. The van der Waals surface area contributed by atoms with E-state index in [4.69, 9.17) is 0 Å². The van der Waals surface area contributed by atoms with Crippen LogP contribution in [0.2, 0.25) is 0 Å². The molecule has 0 bridgehead atoms. The Labute approximate surface area is 450 Å². The molecular weight excluding hydrogens is 985 g/mol. The van der Waals surface area contributed by atoms with Crippen molar-refractivity contribution in [1.82, 2.24) is 46.4 Å². The Balaban J connectivity index is 0.820. The molecule has 0 radical (unpaired) electrons. The monoisotopic (exact) mass is 1060 g/mol. The van der Waals surface area contributed by atoms with Gasteiger partial charge in [0.15, 0.2) is 5.78 Å². The summed E-state index contributed by atoms with van der Waals surface area (Å²) in [5, 5.41) is 17.3. The number of piperidine rings is 1. The molecule has 1 aromatic carbocycles. The topological polar surface area (TPSA) is 275 Å². The Morgan fingerprint density at radius 2 is 1.53 bits per heavy atom. The van der Waals surface area contributed by atoms with Crippen molar-refractivity contribution in [1.29, 1.82) is 0 Å². The van der Waals surface area contributed by atoms with Gasteiger partial charge in [0.25, 0.3) is 17.7 Å². The number of Topliss-reactive ketones (excluding diaryl/α,β-unsaturated/α-hetero) is 2. The minimum Gasteiger partial charge on any atom is -0.385 e. The molecule has 20 nitrogen and oxygen atoms in total. The first-order chi connectivity index (χ1) is 36.9. The maximum Gasteiger partial charge on any atom is 0.289 e. The van der Waals surface area contributed by atoms with Crippen LogP contribution in [-0.2, 0) is 40.1 Å². The second-order valence-corrected chi connectivity index (χ2v) is 23.3. The van der Waals surface area contributed by atoms with Gasteiger partial charge in [-0.15, -0.1) is 0 Å². The Kier molecular flexibility index (Phi) is 18.6. The van der Waals surface area contributed by atoms with E-state index in [1.165, 1.54) is 12.4 Å². The predicted molar refractivity (Wildman–Crippen MR) is 284 cm³/mol. The number of nitrogens with one attached hydrogen (secondary N) is 6. The van der Waals surface area contributed by atoms with Crippen molar-refractivity contribution in [3.05, 3.63) is 53.1 Å². The maximum absolute atomic E-state index is 14.9. The molecule has 77 heavy (non-hydrogen) atoms. The van der Waals surface area contributed by atoms with Gasteiger partial charge in [-0.05, 0) is 99.5 Å². The van der Waals surface area contributed by atoms with E-state index in [9.17, 15) is 47.9 Å². The highest BCUT2D eigenvalue weighted by Gasteiger charge is 2.53. The highest BCUT2D eigenvalue weighted by atomic mass is 16.2. The maximum atomic E-state index is 14.9. The van der Waals surface area contributed by atoms with Gasteiger partial charge in [0.2, 0.25) is 35.3 Å². The number of anilines is 1. The zero-order valence-corrected chi connectivity index (χ0v) is 45.2. The van der Waals surface area contributed by atoms with Crippen LogP contribution in [0.3, 0.4) is 0 Å². The van der Waals surface area contributed by atoms with Crippen molar-refractivity contribution >= 4 is 64.5 Å². The first kappa shape index (κ1) is 56.6. The number of rotatable bonds is 24. The number of hydrogen-bond acceptors (Lipinski definition) is 13. The van der Waals surface area contributed by atoms with E-state index in [1.54, 1.807) is 15.9 Å². The van der Waals surface area contributed by atoms with Gasteiger partial charge in [-0.3, -0.25) is 53.3 Å². The zero-order chi connectivity index (χ0) is 55.0. The molecule has 6 N–H and O–H groups in total. The minimum absolute atomic E-state index is 0.0207. The molecule has 20 heteroatoms. The number of imide groups is 1. The van der Waals surface area contributed by atoms with E-state index in [-0.39, 0.29) is 72.0 Å². The van der Waals surface area contributed by atoms with Gasteiger partial charge in [-0.1, -0.05) is 85.1 Å². The first-order valence-corrected chi connectivity index (χ1v) is 28.4. The third-order valence-corrected chi connectivity index (χ3v) is 16.5. The lowest BCUT2D eigenvalue weighted by Gasteiger charge is -2.38. The molecule has 7 atom stereocenters. The molecule has 8 rings (SSSR count). The molecule has 416 valence electrons. The lowest BCUT2D eigenvalue weighted by molar-refractivity contribution is -0.146. The number of unbranched alkanes of at least 4 members (excludes halogenated alkanes) is 4. The molecule has 6 aliphatic rings. The minimum atomic E-state index is -1.08. The van der Waals surface area contributed by atoms with Gasteiger partial charge >= 0.3 is 0 Å². The van der Waals surface area contributed by atoms with Crippen molar-refractivity contribution in [2.75, 3.05) is 18.4 Å². The van der Waals surface area contributed by atoms with Crippen LogP contribution in [-0.4, -0.2) is 128 Å². The molecular formula is C57H78N10O10. The highest BCUT2D eigenvalue weighted by molar-refractivity contribution is 6.38. The smallest absolute Gasteiger partial charge is 0.289 e. The van der Waals surface area contributed by atoms with E-state index in [0.717, 1.165) is 88.3 Å². The lowest BCUT2D eigenvalue weighted by Crippen LogP contribution is -2.62. The highest BCUT2D eigenvalue weighted by Crippen LogP contribution is 2.43. The number of likely N-dealkylation sites (tertiary alicyclic amines) is 1. The number of aromatic nitrogens is 2. The summed E-state index contributed by atoms with van der Waals surface area (Å²) < 4.78 is 0. The Morgan fingerprint density at radius 1 is 0.805 bits per heavy atom. The van der Waals surface area contributed by atoms with E-state index in [0.29, 0.717) is 57.3 Å². The number of nitrogens with zero attached hydrogens (tertiary/aromatic N) is 4. The summed E-state index contributed by atoms with van der Waals surface area (Å²) in [4.78, 5) is 146. The molecule has 3 saturated carbocycles. The van der Waals surface area contributed by atoms with Crippen molar-refractivity contribution in [3.8, 4) is 0 Å². The summed E-state index contributed by atoms with van der Waals surface area (Å²) in [5.41, 5.74) is 1.50. The van der Waals surface area contributed by atoms with Crippen LogP contribution in [0, 0.1) is 23.2 Å². The lowest BCUT2D eigenvalue weighted by atomic mass is 9.82. The molecule has 1 aromatic heterocycles. The Bertz CT molecular complexity index is 2570. The van der Waals surface area contributed by atoms with Crippen LogP contribution in [0.25, 0.3) is 0 Å². The second kappa shape index (κ2) is 25.2. The van der Waals surface area contributed by atoms with E-state index in [2.05, 4.69) is 41.9 Å². The summed E-state index contributed by atoms with van der Waals surface area (Å²) in [6, 6.07) is 0.795. The SMILES string of the molecule is CCC[C@H](NC(=O)[C@@H]1[C@H]2CCC[C@H]2CN1C(=O)[C@@H](NC(=O)[C@@H](NC(=O)c1cnc(C(=O)CCCCCCCNc2cccc3c2CN(C2CCC(=O)NC2=O)C3=O)cn1)C1CCCCC1)C(C)(C)C)C(=O)C(=O)NC1CC1. The normalized spacial score (nSPS) is 22.5. The number of ketones is 2. The van der Waals surface area contributed by atoms with Crippen molar-refractivity contribution in [2.24, 2.45) is 23.2 Å². The molecule has 5 fully saturated rings. The second-order valence-electron chi connectivity index (χ2n) is 23.3. The fourth-order valence-electron chi connectivity index (χ4n) is 12.1. The Hall–Kier alpha value is -6.60. The molecule has 2 saturated heterocycles. The average Bonchev–Trinajstić information content (AvgIpc) is 3.93. The summed E-state index contributed by atoms with van der Waals surface area (Å²) in [7, 11) is 0. The fraction of sp³-hybridized carbons (Fsp3) is 0.649. The van der Waals surface area contributed by atoms with Gasteiger partial charge in [-0.25, -0.2) is 9.97 Å². The molecule has 1 unspecified atom stereocenters. The number of benzene rings is 1. The van der Waals surface area contributed by atoms with Crippen LogP contribution >= 0.6 is 0 Å². The fourth-order valence-corrected chi connectivity index (χ4v) is 12.1. The molecule has 2 aromatic rings. The summed E-state index contributed by atoms with van der Waals surface area (Å²) in [6.45, 7) is 8.69. The van der Waals surface area contributed by atoms with Crippen molar-refractivity contribution < 1.29 is 47.9 Å². The first-order valence-electron chi connectivity index (χ1n) is 28.4. The summed E-state index contributed by atoms with van der Waals surface area (Å²) in [5.74, 6) is -4.95. The predicted octanol–water partition coefficient (Wildman–Crippen LogP) is 4.84.